The molecule has 4 rings (SSSR count). The Balaban J connectivity index is 1.88. The highest BCUT2D eigenvalue weighted by molar-refractivity contribution is 9.11. The van der Waals surface area contributed by atoms with Crippen molar-refractivity contribution >= 4 is 55.2 Å². The molecule has 1 amide bonds. The number of phenols is 1. The number of para-hydroxylation sites is 1. The Morgan fingerprint density at radius 3 is 2.25 bits per heavy atom. The molecule has 1 heterocycles. The van der Waals surface area contributed by atoms with Crippen molar-refractivity contribution in [3.05, 3.63) is 98.4 Å². The van der Waals surface area contributed by atoms with Gasteiger partial charge in [-0.15, -0.1) is 0 Å². The van der Waals surface area contributed by atoms with Gasteiger partial charge in [-0.05, 0) is 46.3 Å². The topological polar surface area (TPSA) is 52.9 Å². The van der Waals surface area contributed by atoms with E-state index < -0.39 is 0 Å². The maximum Gasteiger partial charge on any atom is 0.281 e. The first kappa shape index (κ1) is 18.7. The molecule has 0 radical (unpaired) electrons. The molecular weight excluding hydrogens is 484 g/mol. The third-order valence-electron chi connectivity index (χ3n) is 4.28. The summed E-state index contributed by atoms with van der Waals surface area (Å²) in [4.78, 5) is 13.2. The molecule has 0 bridgehead atoms. The second-order valence-corrected chi connectivity index (χ2v) is 7.92. The fraction of sp³-hybridized carbons (Fsp3) is 0. The fourth-order valence-electron chi connectivity index (χ4n) is 2.95. The van der Waals surface area contributed by atoms with Crippen LogP contribution in [0.15, 0.2) is 92.4 Å². The summed E-state index contributed by atoms with van der Waals surface area (Å²) in [7, 11) is 0. The number of carbonyl (C=O) groups is 1. The van der Waals surface area contributed by atoms with Gasteiger partial charge < -0.3 is 5.11 Å². The Morgan fingerprint density at radius 1 is 0.929 bits per heavy atom. The number of halogens is 2. The second kappa shape index (κ2) is 7.73. The van der Waals surface area contributed by atoms with Gasteiger partial charge in [0, 0.05) is 15.6 Å². The van der Waals surface area contributed by atoms with Crippen LogP contribution in [0.5, 0.6) is 5.75 Å². The van der Waals surface area contributed by atoms with Crippen molar-refractivity contribution in [1.82, 2.24) is 0 Å². The SMILES string of the molecule is O=C1/C(=C\c2cc(Br)cc(Br)c2O)C(c2ccccc2)=NN1c1ccccc1. The van der Waals surface area contributed by atoms with E-state index in [0.717, 1.165) is 10.0 Å². The van der Waals surface area contributed by atoms with Gasteiger partial charge in [0.1, 0.15) is 11.5 Å². The Kier molecular flexibility index (Phi) is 5.15. The number of aromatic hydroxyl groups is 1. The molecule has 1 aliphatic rings. The molecule has 0 saturated heterocycles. The Bertz CT molecular complexity index is 1110. The van der Waals surface area contributed by atoms with Crippen LogP contribution < -0.4 is 5.01 Å². The molecule has 28 heavy (non-hydrogen) atoms. The third kappa shape index (κ3) is 3.53. The molecule has 0 atom stereocenters. The van der Waals surface area contributed by atoms with Gasteiger partial charge in [0.25, 0.3) is 5.91 Å². The number of phenolic OH excluding ortho intramolecular Hbond substituents is 1. The lowest BCUT2D eigenvalue weighted by Crippen LogP contribution is -2.21. The van der Waals surface area contributed by atoms with E-state index in [4.69, 9.17) is 0 Å². The van der Waals surface area contributed by atoms with Crippen molar-refractivity contribution in [2.75, 3.05) is 5.01 Å². The van der Waals surface area contributed by atoms with Gasteiger partial charge >= 0.3 is 0 Å². The molecule has 0 fully saturated rings. The Hall–Kier alpha value is -2.70. The zero-order valence-electron chi connectivity index (χ0n) is 14.5. The second-order valence-electron chi connectivity index (χ2n) is 6.15. The van der Waals surface area contributed by atoms with Crippen LogP contribution >= 0.6 is 31.9 Å². The molecule has 138 valence electrons. The van der Waals surface area contributed by atoms with Gasteiger partial charge in [-0.2, -0.15) is 10.1 Å². The summed E-state index contributed by atoms with van der Waals surface area (Å²) < 4.78 is 1.32. The summed E-state index contributed by atoms with van der Waals surface area (Å²) in [5, 5.41) is 16.4. The minimum absolute atomic E-state index is 0.0640. The van der Waals surface area contributed by atoms with E-state index in [1.54, 1.807) is 18.2 Å². The number of benzene rings is 3. The van der Waals surface area contributed by atoms with E-state index in [2.05, 4.69) is 37.0 Å². The van der Waals surface area contributed by atoms with E-state index in [-0.39, 0.29) is 11.7 Å². The van der Waals surface area contributed by atoms with Gasteiger partial charge in [-0.25, -0.2) is 0 Å². The first-order valence-corrected chi connectivity index (χ1v) is 10.1. The highest BCUT2D eigenvalue weighted by Gasteiger charge is 2.32. The average Bonchev–Trinajstić information content (AvgIpc) is 3.03. The number of nitrogens with zero attached hydrogens (tertiary/aromatic N) is 2. The molecule has 3 aromatic rings. The van der Waals surface area contributed by atoms with Crippen molar-refractivity contribution in [2.24, 2.45) is 5.10 Å². The lowest BCUT2D eigenvalue weighted by atomic mass is 10.00. The summed E-state index contributed by atoms with van der Waals surface area (Å²) in [6.45, 7) is 0. The number of carbonyl (C=O) groups excluding carboxylic acids is 1. The van der Waals surface area contributed by atoms with Crippen molar-refractivity contribution in [2.45, 2.75) is 0 Å². The number of amides is 1. The van der Waals surface area contributed by atoms with Crippen LogP contribution in [0.25, 0.3) is 6.08 Å². The van der Waals surface area contributed by atoms with E-state index in [9.17, 15) is 9.90 Å². The van der Waals surface area contributed by atoms with Gasteiger partial charge in [0.05, 0.1) is 15.7 Å². The molecule has 0 spiro atoms. The molecule has 3 aromatic carbocycles. The van der Waals surface area contributed by atoms with Gasteiger partial charge in [-0.3, -0.25) is 4.79 Å². The molecule has 0 unspecified atom stereocenters. The van der Waals surface area contributed by atoms with Crippen LogP contribution in [0.1, 0.15) is 11.1 Å². The summed E-state index contributed by atoms with van der Waals surface area (Å²) >= 11 is 6.76. The first-order chi connectivity index (χ1) is 13.5. The highest BCUT2D eigenvalue weighted by Crippen LogP contribution is 2.35. The number of anilines is 1. The largest absolute Gasteiger partial charge is 0.506 e. The first-order valence-electron chi connectivity index (χ1n) is 8.48. The van der Waals surface area contributed by atoms with E-state index in [1.807, 2.05) is 60.7 Å². The fourth-order valence-corrected chi connectivity index (χ4v) is 4.21. The predicted octanol–water partition coefficient (Wildman–Crippen LogP) is 5.75. The predicted molar refractivity (Wildman–Crippen MR) is 118 cm³/mol. The van der Waals surface area contributed by atoms with Crippen LogP contribution in [0.4, 0.5) is 5.69 Å². The van der Waals surface area contributed by atoms with E-state index in [1.165, 1.54) is 5.01 Å². The lowest BCUT2D eigenvalue weighted by molar-refractivity contribution is -0.114. The third-order valence-corrected chi connectivity index (χ3v) is 5.35. The standard InChI is InChI=1S/C22H14Br2N2O2/c23-16-11-15(21(27)19(24)13-16)12-18-20(14-7-3-1-4-8-14)25-26(22(18)28)17-9-5-2-6-10-17/h1-13,27H/b18-12-. The zero-order chi connectivity index (χ0) is 19.7. The minimum atomic E-state index is -0.249. The summed E-state index contributed by atoms with van der Waals surface area (Å²) in [6.07, 6.45) is 1.67. The number of hydrazone groups is 1. The molecule has 1 aliphatic heterocycles. The summed E-state index contributed by atoms with van der Waals surface area (Å²) in [6, 6.07) is 22.3. The summed E-state index contributed by atoms with van der Waals surface area (Å²) in [5.41, 5.74) is 3.00. The van der Waals surface area contributed by atoms with Gasteiger partial charge in [-0.1, -0.05) is 64.5 Å². The number of hydrogen-bond donors (Lipinski definition) is 1. The van der Waals surface area contributed by atoms with Crippen LogP contribution in [-0.2, 0) is 4.79 Å². The number of hydrogen-bond acceptors (Lipinski definition) is 3. The zero-order valence-corrected chi connectivity index (χ0v) is 17.7. The van der Waals surface area contributed by atoms with Crippen LogP contribution in [-0.4, -0.2) is 16.7 Å². The van der Waals surface area contributed by atoms with Crippen LogP contribution in [0, 0.1) is 0 Å². The van der Waals surface area contributed by atoms with E-state index >= 15 is 0 Å². The van der Waals surface area contributed by atoms with Crippen molar-refractivity contribution in [3.8, 4) is 5.75 Å². The van der Waals surface area contributed by atoms with Crippen molar-refractivity contribution in [1.29, 1.82) is 0 Å². The lowest BCUT2D eigenvalue weighted by Gasteiger charge is -2.11. The quantitative estimate of drug-likeness (QED) is 0.468. The van der Waals surface area contributed by atoms with Gasteiger partial charge in [0.2, 0.25) is 0 Å². The molecule has 1 N–H and O–H groups in total. The Morgan fingerprint density at radius 2 is 1.57 bits per heavy atom. The van der Waals surface area contributed by atoms with Crippen LogP contribution in [0.2, 0.25) is 0 Å². The Labute approximate surface area is 179 Å². The smallest absolute Gasteiger partial charge is 0.281 e. The van der Waals surface area contributed by atoms with Crippen LogP contribution in [0.3, 0.4) is 0 Å². The number of rotatable bonds is 3. The maximum absolute atomic E-state index is 13.2. The molecule has 0 aliphatic carbocycles. The molecular formula is C22H14Br2N2O2. The molecule has 4 nitrogen and oxygen atoms in total. The maximum atomic E-state index is 13.2. The van der Waals surface area contributed by atoms with E-state index in [0.29, 0.717) is 27.0 Å². The molecule has 6 heteroatoms. The molecule has 0 aromatic heterocycles. The van der Waals surface area contributed by atoms with Crippen molar-refractivity contribution < 1.29 is 9.90 Å². The minimum Gasteiger partial charge on any atom is -0.506 e. The van der Waals surface area contributed by atoms with Crippen molar-refractivity contribution in [3.63, 3.8) is 0 Å². The normalized spacial score (nSPS) is 15.2. The monoisotopic (exact) mass is 496 g/mol. The molecule has 0 saturated carbocycles. The highest BCUT2D eigenvalue weighted by atomic mass is 79.9. The van der Waals surface area contributed by atoms with Gasteiger partial charge in [0.15, 0.2) is 0 Å². The average molecular weight is 498 g/mol. The summed E-state index contributed by atoms with van der Waals surface area (Å²) in [5.74, 6) is -0.186.